The molecule has 0 bridgehead atoms. The topological polar surface area (TPSA) is 81.4 Å². The van der Waals surface area contributed by atoms with Crippen molar-refractivity contribution in [2.45, 2.75) is 24.8 Å². The van der Waals surface area contributed by atoms with Crippen molar-refractivity contribution in [1.29, 1.82) is 0 Å². The first kappa shape index (κ1) is 16.5. The van der Waals surface area contributed by atoms with Gasteiger partial charge in [0.15, 0.2) is 0 Å². The molecule has 0 saturated carbocycles. The standard InChI is InChI=1S/C11H16Cl2N2O3S/c1-7(2)18-6-5-15-19(16,17)9-4-3-8(12)11(14)10(9)13/h3-4,7,15H,5-6,14H2,1-2H3. The van der Waals surface area contributed by atoms with Crippen molar-refractivity contribution in [2.24, 2.45) is 0 Å². The summed E-state index contributed by atoms with van der Waals surface area (Å²) in [4.78, 5) is -0.0967. The van der Waals surface area contributed by atoms with Gasteiger partial charge in [0.25, 0.3) is 0 Å². The monoisotopic (exact) mass is 326 g/mol. The van der Waals surface area contributed by atoms with Crippen molar-refractivity contribution < 1.29 is 13.2 Å². The van der Waals surface area contributed by atoms with Crippen molar-refractivity contribution in [3.05, 3.63) is 22.2 Å². The maximum Gasteiger partial charge on any atom is 0.242 e. The van der Waals surface area contributed by atoms with Crippen LogP contribution in [0.5, 0.6) is 0 Å². The SMILES string of the molecule is CC(C)OCCNS(=O)(=O)c1ccc(Cl)c(N)c1Cl. The van der Waals surface area contributed by atoms with E-state index in [0.717, 1.165) is 0 Å². The zero-order valence-electron chi connectivity index (χ0n) is 10.6. The average molecular weight is 327 g/mol. The van der Waals surface area contributed by atoms with E-state index >= 15 is 0 Å². The molecule has 0 aliphatic carbocycles. The predicted octanol–water partition coefficient (Wildman–Crippen LogP) is 2.28. The molecule has 1 rings (SSSR count). The lowest BCUT2D eigenvalue weighted by Crippen LogP contribution is -2.28. The minimum absolute atomic E-state index is 0.0410. The molecule has 0 aliphatic rings. The first-order valence-corrected chi connectivity index (χ1v) is 7.84. The summed E-state index contributed by atoms with van der Waals surface area (Å²) >= 11 is 11.6. The molecule has 5 nitrogen and oxygen atoms in total. The number of benzene rings is 1. The van der Waals surface area contributed by atoms with Gasteiger partial charge in [-0.2, -0.15) is 0 Å². The van der Waals surface area contributed by atoms with Gasteiger partial charge in [0.2, 0.25) is 10.0 Å². The van der Waals surface area contributed by atoms with Gasteiger partial charge < -0.3 is 10.5 Å². The minimum atomic E-state index is -3.73. The second kappa shape index (κ2) is 6.76. The molecule has 0 radical (unpaired) electrons. The molecule has 0 spiro atoms. The Hall–Kier alpha value is -0.530. The van der Waals surface area contributed by atoms with Gasteiger partial charge in [0, 0.05) is 6.54 Å². The van der Waals surface area contributed by atoms with Crippen molar-refractivity contribution in [3.63, 3.8) is 0 Å². The molecular weight excluding hydrogens is 311 g/mol. The number of ether oxygens (including phenoxy) is 1. The van der Waals surface area contributed by atoms with Crippen molar-refractivity contribution in [2.75, 3.05) is 18.9 Å². The largest absolute Gasteiger partial charge is 0.396 e. The maximum atomic E-state index is 12.0. The van der Waals surface area contributed by atoms with Crippen molar-refractivity contribution in [3.8, 4) is 0 Å². The Morgan fingerprint density at radius 3 is 2.58 bits per heavy atom. The lowest BCUT2D eigenvalue weighted by Gasteiger charge is -2.11. The van der Waals surface area contributed by atoms with Gasteiger partial charge in [0.05, 0.1) is 28.4 Å². The lowest BCUT2D eigenvalue weighted by molar-refractivity contribution is 0.0834. The molecule has 0 saturated heterocycles. The first-order valence-electron chi connectivity index (χ1n) is 5.60. The van der Waals surface area contributed by atoms with E-state index in [-0.39, 0.29) is 39.9 Å². The van der Waals surface area contributed by atoms with Crippen LogP contribution in [0.2, 0.25) is 10.0 Å². The Balaban J connectivity index is 2.81. The highest BCUT2D eigenvalue weighted by Crippen LogP contribution is 2.32. The fourth-order valence-electron chi connectivity index (χ4n) is 1.31. The van der Waals surface area contributed by atoms with E-state index in [1.165, 1.54) is 12.1 Å². The van der Waals surface area contributed by atoms with E-state index < -0.39 is 10.0 Å². The number of nitrogens with one attached hydrogen (secondary N) is 1. The summed E-state index contributed by atoms with van der Waals surface area (Å²) in [7, 11) is -3.73. The molecule has 0 amide bonds. The average Bonchev–Trinajstić information content (AvgIpc) is 2.31. The number of nitrogen functional groups attached to an aromatic ring is 1. The number of halogens is 2. The molecule has 1 aromatic carbocycles. The van der Waals surface area contributed by atoms with E-state index in [9.17, 15) is 8.42 Å². The Morgan fingerprint density at radius 2 is 2.00 bits per heavy atom. The van der Waals surface area contributed by atoms with Crippen LogP contribution in [0.1, 0.15) is 13.8 Å². The van der Waals surface area contributed by atoms with E-state index in [1.54, 1.807) is 0 Å². The van der Waals surface area contributed by atoms with Gasteiger partial charge in [-0.15, -0.1) is 0 Å². The highest BCUT2D eigenvalue weighted by Gasteiger charge is 2.20. The molecule has 0 heterocycles. The summed E-state index contributed by atoms with van der Waals surface area (Å²) in [5, 5.41) is 0.136. The third kappa shape index (κ3) is 4.50. The number of anilines is 1. The number of hydrogen-bond acceptors (Lipinski definition) is 4. The van der Waals surface area contributed by atoms with Crippen molar-refractivity contribution in [1.82, 2.24) is 4.72 Å². The normalized spacial score (nSPS) is 12.1. The van der Waals surface area contributed by atoms with Gasteiger partial charge >= 0.3 is 0 Å². The molecule has 108 valence electrons. The summed E-state index contributed by atoms with van der Waals surface area (Å²) in [5.74, 6) is 0. The Morgan fingerprint density at radius 1 is 1.37 bits per heavy atom. The van der Waals surface area contributed by atoms with Crippen LogP contribution in [0.4, 0.5) is 5.69 Å². The third-order valence-electron chi connectivity index (χ3n) is 2.23. The summed E-state index contributed by atoms with van der Waals surface area (Å²) in [6.07, 6.45) is 0.0410. The summed E-state index contributed by atoms with van der Waals surface area (Å²) in [6.45, 7) is 4.16. The number of hydrogen-bond donors (Lipinski definition) is 2. The summed E-state index contributed by atoms with van der Waals surface area (Å²) < 4.78 is 31.6. The van der Waals surface area contributed by atoms with Crippen LogP contribution in [0, 0.1) is 0 Å². The molecular formula is C11H16Cl2N2O3S. The van der Waals surface area contributed by atoms with Gasteiger partial charge in [-0.05, 0) is 26.0 Å². The van der Waals surface area contributed by atoms with E-state index in [4.69, 9.17) is 33.7 Å². The van der Waals surface area contributed by atoms with Gasteiger partial charge in [-0.1, -0.05) is 23.2 Å². The molecule has 0 unspecified atom stereocenters. The molecule has 8 heteroatoms. The van der Waals surface area contributed by atoms with Crippen LogP contribution >= 0.6 is 23.2 Å². The first-order chi connectivity index (χ1) is 8.75. The molecule has 3 N–H and O–H groups in total. The van der Waals surface area contributed by atoms with E-state index in [1.807, 2.05) is 13.8 Å². The summed E-state index contributed by atoms with van der Waals surface area (Å²) in [5.41, 5.74) is 5.64. The van der Waals surface area contributed by atoms with Crippen LogP contribution in [0.25, 0.3) is 0 Å². The van der Waals surface area contributed by atoms with Crippen LogP contribution in [0.3, 0.4) is 0 Å². The molecule has 19 heavy (non-hydrogen) atoms. The van der Waals surface area contributed by atoms with E-state index in [2.05, 4.69) is 4.72 Å². The molecule has 0 aliphatic heterocycles. The highest BCUT2D eigenvalue weighted by molar-refractivity contribution is 7.89. The zero-order valence-corrected chi connectivity index (χ0v) is 12.9. The molecule has 0 atom stereocenters. The molecule has 0 fully saturated rings. The smallest absolute Gasteiger partial charge is 0.242 e. The third-order valence-corrected chi connectivity index (χ3v) is 4.58. The van der Waals surface area contributed by atoms with Crippen molar-refractivity contribution >= 4 is 38.9 Å². The molecule has 0 aromatic heterocycles. The van der Waals surface area contributed by atoms with E-state index in [0.29, 0.717) is 0 Å². The summed E-state index contributed by atoms with van der Waals surface area (Å²) in [6, 6.07) is 2.70. The number of sulfonamides is 1. The van der Waals surface area contributed by atoms with Gasteiger partial charge in [0.1, 0.15) is 4.90 Å². The van der Waals surface area contributed by atoms with Crippen LogP contribution < -0.4 is 10.5 Å². The fourth-order valence-corrected chi connectivity index (χ4v) is 3.08. The van der Waals surface area contributed by atoms with Gasteiger partial charge in [-0.25, -0.2) is 13.1 Å². The quantitative estimate of drug-likeness (QED) is 0.620. The highest BCUT2D eigenvalue weighted by atomic mass is 35.5. The van der Waals surface area contributed by atoms with Crippen LogP contribution in [-0.4, -0.2) is 27.7 Å². The van der Waals surface area contributed by atoms with Crippen LogP contribution in [-0.2, 0) is 14.8 Å². The Kier molecular flexibility index (Phi) is 5.88. The second-order valence-electron chi connectivity index (χ2n) is 4.09. The fraction of sp³-hybridized carbons (Fsp3) is 0.455. The Labute approximate surface area is 123 Å². The number of nitrogens with two attached hydrogens (primary N) is 1. The van der Waals surface area contributed by atoms with Crippen LogP contribution in [0.15, 0.2) is 17.0 Å². The minimum Gasteiger partial charge on any atom is -0.396 e. The lowest BCUT2D eigenvalue weighted by atomic mass is 10.3. The maximum absolute atomic E-state index is 12.0. The predicted molar refractivity (Wildman–Crippen MR) is 77.2 cm³/mol. The second-order valence-corrected chi connectivity index (χ2v) is 6.61. The molecule has 1 aromatic rings. The van der Waals surface area contributed by atoms with Gasteiger partial charge in [-0.3, -0.25) is 0 Å². The number of rotatable bonds is 6. The zero-order chi connectivity index (χ0) is 14.6. The Bertz CT molecular complexity index is 547.